The first-order valence-electron chi connectivity index (χ1n) is 4.44. The zero-order valence-corrected chi connectivity index (χ0v) is 11.6. The van der Waals surface area contributed by atoms with Gasteiger partial charge in [0.2, 0.25) is 0 Å². The average Bonchev–Trinajstić information content (AvgIpc) is 2.22. The zero-order valence-electron chi connectivity index (χ0n) is 7.90. The Balaban J connectivity index is 2.62. The lowest BCUT2D eigenvalue weighted by Crippen LogP contribution is -2.24. The molecule has 1 aromatic carbocycles. The van der Waals surface area contributed by atoms with Gasteiger partial charge in [-0.05, 0) is 47.2 Å². The van der Waals surface area contributed by atoms with E-state index in [2.05, 4.69) is 27.9 Å². The third-order valence-electron chi connectivity index (χ3n) is 1.78. The van der Waals surface area contributed by atoms with Gasteiger partial charge in [-0.2, -0.15) is 0 Å². The van der Waals surface area contributed by atoms with Crippen molar-refractivity contribution in [2.24, 2.45) is 0 Å². The Labute approximate surface area is 112 Å². The van der Waals surface area contributed by atoms with Crippen LogP contribution < -0.4 is 5.32 Å². The van der Waals surface area contributed by atoms with Crippen molar-refractivity contribution in [1.29, 1.82) is 0 Å². The van der Waals surface area contributed by atoms with Crippen LogP contribution in [0.4, 0.5) is 0 Å². The molecule has 1 amide bonds. The van der Waals surface area contributed by atoms with Crippen molar-refractivity contribution in [2.75, 3.05) is 12.4 Å². The number of alkyl halides is 1. The second kappa shape index (κ2) is 6.55. The fourth-order valence-electron chi connectivity index (χ4n) is 1.01. The van der Waals surface area contributed by atoms with E-state index in [9.17, 15) is 4.79 Å². The molecular formula is C10H10Cl2INO. The minimum atomic E-state index is -0.113. The Kier molecular flexibility index (Phi) is 5.71. The molecule has 0 bridgehead atoms. The Hall–Kier alpha value is -0.0000000000000000555. The molecule has 82 valence electrons. The number of benzene rings is 1. The largest absolute Gasteiger partial charge is 0.352 e. The fourth-order valence-corrected chi connectivity index (χ4v) is 1.66. The van der Waals surface area contributed by atoms with Gasteiger partial charge < -0.3 is 5.32 Å². The third kappa shape index (κ3) is 4.17. The van der Waals surface area contributed by atoms with Crippen LogP contribution in [0.2, 0.25) is 5.02 Å². The molecule has 0 spiro atoms. The Morgan fingerprint density at radius 2 is 2.20 bits per heavy atom. The minimum absolute atomic E-state index is 0.113. The van der Waals surface area contributed by atoms with E-state index in [0.717, 1.165) is 9.99 Å². The number of hydrogen-bond donors (Lipinski definition) is 1. The maximum Gasteiger partial charge on any atom is 0.251 e. The Bertz CT molecular complexity index is 357. The highest BCUT2D eigenvalue weighted by Gasteiger charge is 2.06. The van der Waals surface area contributed by atoms with Crippen LogP contribution in [0.5, 0.6) is 0 Å². The van der Waals surface area contributed by atoms with Gasteiger partial charge in [-0.25, -0.2) is 0 Å². The highest BCUT2D eigenvalue weighted by Crippen LogP contribution is 2.19. The summed E-state index contributed by atoms with van der Waals surface area (Å²) in [5.74, 6) is 0.437. The molecule has 1 rings (SSSR count). The topological polar surface area (TPSA) is 29.1 Å². The van der Waals surface area contributed by atoms with Crippen molar-refractivity contribution in [2.45, 2.75) is 6.42 Å². The number of carbonyl (C=O) groups excluding carboxylic acids is 1. The summed E-state index contributed by atoms with van der Waals surface area (Å²) >= 11 is 13.5. The summed E-state index contributed by atoms with van der Waals surface area (Å²) in [4.78, 5) is 11.6. The second-order valence-electron chi connectivity index (χ2n) is 2.93. The van der Waals surface area contributed by atoms with E-state index in [1.807, 2.05) is 6.07 Å². The van der Waals surface area contributed by atoms with Crippen molar-refractivity contribution >= 4 is 51.7 Å². The van der Waals surface area contributed by atoms with Crippen molar-refractivity contribution < 1.29 is 4.79 Å². The van der Waals surface area contributed by atoms with Crippen molar-refractivity contribution in [3.05, 3.63) is 32.4 Å². The number of nitrogens with one attached hydrogen (secondary N) is 1. The number of carbonyl (C=O) groups is 1. The van der Waals surface area contributed by atoms with Gasteiger partial charge in [0.05, 0.1) is 5.02 Å². The number of amides is 1. The smallest absolute Gasteiger partial charge is 0.251 e. The summed E-state index contributed by atoms with van der Waals surface area (Å²) < 4.78 is 0.937. The second-order valence-corrected chi connectivity index (χ2v) is 4.87. The standard InChI is InChI=1S/C10H10Cl2INO/c11-4-1-5-14-10(15)7-2-3-9(13)8(12)6-7/h2-3,6H,1,4-5H2,(H,14,15). The van der Waals surface area contributed by atoms with Crippen molar-refractivity contribution in [3.63, 3.8) is 0 Å². The lowest BCUT2D eigenvalue weighted by Gasteiger charge is -2.04. The van der Waals surface area contributed by atoms with Crippen LogP contribution in [0.3, 0.4) is 0 Å². The van der Waals surface area contributed by atoms with E-state index >= 15 is 0 Å². The van der Waals surface area contributed by atoms with Crippen LogP contribution in [0.25, 0.3) is 0 Å². The van der Waals surface area contributed by atoms with Gasteiger partial charge >= 0.3 is 0 Å². The lowest BCUT2D eigenvalue weighted by atomic mass is 10.2. The van der Waals surface area contributed by atoms with Crippen LogP contribution in [0, 0.1) is 3.57 Å². The summed E-state index contributed by atoms with van der Waals surface area (Å²) in [7, 11) is 0. The van der Waals surface area contributed by atoms with Crippen molar-refractivity contribution in [3.8, 4) is 0 Å². The molecule has 15 heavy (non-hydrogen) atoms. The summed E-state index contributed by atoms with van der Waals surface area (Å²) in [6.07, 6.45) is 0.769. The fraction of sp³-hybridized carbons (Fsp3) is 0.300. The molecule has 0 fully saturated rings. The number of halogens is 3. The summed E-state index contributed by atoms with van der Waals surface area (Å²) in [6.45, 7) is 0.589. The minimum Gasteiger partial charge on any atom is -0.352 e. The van der Waals surface area contributed by atoms with Gasteiger partial charge in [-0.3, -0.25) is 4.79 Å². The molecule has 0 aromatic heterocycles. The molecule has 0 heterocycles. The summed E-state index contributed by atoms with van der Waals surface area (Å²) in [5, 5.41) is 3.36. The molecule has 5 heteroatoms. The molecule has 1 N–H and O–H groups in total. The molecule has 0 saturated heterocycles. The highest BCUT2D eigenvalue weighted by atomic mass is 127. The SMILES string of the molecule is O=C(NCCCCl)c1ccc(I)c(Cl)c1. The molecule has 0 aliphatic carbocycles. The van der Waals surface area contributed by atoms with E-state index < -0.39 is 0 Å². The number of hydrogen-bond acceptors (Lipinski definition) is 1. The summed E-state index contributed by atoms with van der Waals surface area (Å²) in [5.41, 5.74) is 0.579. The molecule has 2 nitrogen and oxygen atoms in total. The third-order valence-corrected chi connectivity index (χ3v) is 3.62. The molecule has 0 radical (unpaired) electrons. The number of rotatable bonds is 4. The van der Waals surface area contributed by atoms with Gasteiger partial charge in [0, 0.05) is 21.6 Å². The normalized spacial score (nSPS) is 10.1. The quantitative estimate of drug-likeness (QED) is 0.500. The van der Waals surface area contributed by atoms with Gasteiger partial charge in [0.25, 0.3) is 5.91 Å². The Morgan fingerprint density at radius 3 is 2.80 bits per heavy atom. The van der Waals surface area contributed by atoms with Crippen LogP contribution >= 0.6 is 45.8 Å². The molecule has 0 aliphatic rings. The van der Waals surface area contributed by atoms with E-state index in [0.29, 0.717) is 23.0 Å². The Morgan fingerprint density at radius 1 is 1.47 bits per heavy atom. The predicted molar refractivity (Wildman–Crippen MR) is 71.8 cm³/mol. The predicted octanol–water partition coefficient (Wildman–Crippen LogP) is 3.30. The van der Waals surface area contributed by atoms with E-state index in [1.54, 1.807) is 12.1 Å². The summed E-state index contributed by atoms with van der Waals surface area (Å²) in [6, 6.07) is 5.24. The van der Waals surface area contributed by atoms with Crippen molar-refractivity contribution in [1.82, 2.24) is 5.32 Å². The monoisotopic (exact) mass is 357 g/mol. The molecular weight excluding hydrogens is 348 g/mol. The van der Waals surface area contributed by atoms with E-state index in [-0.39, 0.29) is 5.91 Å². The van der Waals surface area contributed by atoms with E-state index in [1.165, 1.54) is 0 Å². The van der Waals surface area contributed by atoms with Crippen LogP contribution in [0.15, 0.2) is 18.2 Å². The maximum atomic E-state index is 11.6. The first kappa shape index (κ1) is 13.1. The molecule has 0 unspecified atom stereocenters. The highest BCUT2D eigenvalue weighted by molar-refractivity contribution is 14.1. The first-order chi connectivity index (χ1) is 7.15. The van der Waals surface area contributed by atoms with Gasteiger partial charge in [0.15, 0.2) is 0 Å². The van der Waals surface area contributed by atoms with Gasteiger partial charge in [-0.1, -0.05) is 11.6 Å². The van der Waals surface area contributed by atoms with Crippen LogP contribution in [-0.4, -0.2) is 18.3 Å². The zero-order chi connectivity index (χ0) is 11.3. The van der Waals surface area contributed by atoms with Crippen LogP contribution in [-0.2, 0) is 0 Å². The molecule has 1 aromatic rings. The molecule has 0 aliphatic heterocycles. The average molecular weight is 358 g/mol. The van der Waals surface area contributed by atoms with Gasteiger partial charge in [0.1, 0.15) is 0 Å². The molecule has 0 saturated carbocycles. The first-order valence-corrected chi connectivity index (χ1v) is 6.43. The lowest BCUT2D eigenvalue weighted by molar-refractivity contribution is 0.0954. The maximum absolute atomic E-state index is 11.6. The van der Waals surface area contributed by atoms with E-state index in [4.69, 9.17) is 23.2 Å². The van der Waals surface area contributed by atoms with Crippen LogP contribution in [0.1, 0.15) is 16.8 Å². The van der Waals surface area contributed by atoms with Gasteiger partial charge in [-0.15, -0.1) is 11.6 Å². The molecule has 0 atom stereocenters.